The molecular weight excluding hydrogens is 252 g/mol. The molecule has 5 heteroatoms. The average Bonchev–Trinajstić information content (AvgIpc) is 2.79. The van der Waals surface area contributed by atoms with E-state index in [1.165, 1.54) is 5.56 Å². The molecular formula is C15H18N4O. The molecule has 0 bridgehead atoms. The van der Waals surface area contributed by atoms with Crippen molar-refractivity contribution in [1.29, 1.82) is 0 Å². The summed E-state index contributed by atoms with van der Waals surface area (Å²) in [6.45, 7) is 5.56. The van der Waals surface area contributed by atoms with Crippen LogP contribution in [-0.4, -0.2) is 39.9 Å². The van der Waals surface area contributed by atoms with E-state index in [0.717, 1.165) is 29.8 Å². The van der Waals surface area contributed by atoms with Gasteiger partial charge in [-0.3, -0.25) is 4.79 Å². The Kier molecular flexibility index (Phi) is 3.26. The third kappa shape index (κ3) is 2.31. The van der Waals surface area contributed by atoms with Gasteiger partial charge in [-0.25, -0.2) is 9.97 Å². The van der Waals surface area contributed by atoms with E-state index < -0.39 is 0 Å². The normalized spacial score (nSPS) is 18.8. The number of hydrogen-bond donors (Lipinski definition) is 1. The first-order valence-electron chi connectivity index (χ1n) is 6.93. The lowest BCUT2D eigenvalue weighted by Crippen LogP contribution is -2.27. The standard InChI is InChI=1S/C15H18N4O/c1-3-19-8-11(7-14(19)20)18-15-12-6-10(2)4-5-13(12)16-9-17-15/h4-6,9,11H,3,7-8H2,1-2H3,(H,16,17,18). The Labute approximate surface area is 118 Å². The summed E-state index contributed by atoms with van der Waals surface area (Å²) in [5.41, 5.74) is 2.10. The van der Waals surface area contributed by atoms with Crippen molar-refractivity contribution in [3.05, 3.63) is 30.1 Å². The van der Waals surface area contributed by atoms with Crippen LogP contribution in [0.5, 0.6) is 0 Å². The Bertz CT molecular complexity index is 655. The lowest BCUT2D eigenvalue weighted by Gasteiger charge is -2.16. The van der Waals surface area contributed by atoms with Crippen LogP contribution < -0.4 is 5.32 Å². The fourth-order valence-corrected chi connectivity index (χ4v) is 2.65. The highest BCUT2D eigenvalue weighted by atomic mass is 16.2. The largest absolute Gasteiger partial charge is 0.364 e. The molecule has 2 heterocycles. The van der Waals surface area contributed by atoms with E-state index in [0.29, 0.717) is 6.42 Å². The van der Waals surface area contributed by atoms with Crippen molar-refractivity contribution < 1.29 is 4.79 Å². The highest BCUT2D eigenvalue weighted by molar-refractivity contribution is 5.90. The maximum atomic E-state index is 11.8. The smallest absolute Gasteiger partial charge is 0.224 e. The van der Waals surface area contributed by atoms with E-state index in [-0.39, 0.29) is 11.9 Å². The van der Waals surface area contributed by atoms with Crippen molar-refractivity contribution in [2.24, 2.45) is 0 Å². The number of likely N-dealkylation sites (tertiary alicyclic amines) is 1. The molecule has 1 saturated heterocycles. The lowest BCUT2D eigenvalue weighted by atomic mass is 10.1. The van der Waals surface area contributed by atoms with Crippen LogP contribution in [0.3, 0.4) is 0 Å². The van der Waals surface area contributed by atoms with Gasteiger partial charge in [-0.2, -0.15) is 0 Å². The summed E-state index contributed by atoms with van der Waals surface area (Å²) in [6.07, 6.45) is 2.10. The molecule has 1 atom stereocenters. The second kappa shape index (κ2) is 5.07. The van der Waals surface area contributed by atoms with Crippen LogP contribution in [0.4, 0.5) is 5.82 Å². The first-order valence-corrected chi connectivity index (χ1v) is 6.93. The van der Waals surface area contributed by atoms with Crippen LogP contribution in [0.1, 0.15) is 18.9 Å². The third-order valence-electron chi connectivity index (χ3n) is 3.73. The Morgan fingerprint density at radius 3 is 3.00 bits per heavy atom. The SMILES string of the molecule is CCN1CC(Nc2ncnc3ccc(C)cc23)CC1=O. The van der Waals surface area contributed by atoms with Gasteiger partial charge in [-0.1, -0.05) is 11.6 Å². The molecule has 20 heavy (non-hydrogen) atoms. The predicted octanol–water partition coefficient (Wildman–Crippen LogP) is 1.97. The summed E-state index contributed by atoms with van der Waals surface area (Å²) in [6, 6.07) is 6.24. The minimum absolute atomic E-state index is 0.126. The maximum absolute atomic E-state index is 11.8. The van der Waals surface area contributed by atoms with Gasteiger partial charge in [0.05, 0.1) is 11.6 Å². The summed E-state index contributed by atoms with van der Waals surface area (Å²) < 4.78 is 0. The van der Waals surface area contributed by atoms with Crippen molar-refractivity contribution in [3.8, 4) is 0 Å². The lowest BCUT2D eigenvalue weighted by molar-refractivity contribution is -0.127. The molecule has 104 valence electrons. The fraction of sp³-hybridized carbons (Fsp3) is 0.400. The molecule has 1 fully saturated rings. The van der Waals surface area contributed by atoms with Crippen molar-refractivity contribution >= 4 is 22.6 Å². The van der Waals surface area contributed by atoms with Crippen LogP contribution in [0, 0.1) is 6.92 Å². The van der Waals surface area contributed by atoms with E-state index in [2.05, 4.69) is 21.4 Å². The number of fused-ring (bicyclic) bond motifs is 1. The Hall–Kier alpha value is -2.17. The van der Waals surface area contributed by atoms with E-state index in [1.54, 1.807) is 6.33 Å². The number of hydrogen-bond acceptors (Lipinski definition) is 4. The van der Waals surface area contributed by atoms with Gasteiger partial charge in [-0.15, -0.1) is 0 Å². The Balaban J connectivity index is 1.88. The summed E-state index contributed by atoms with van der Waals surface area (Å²) in [4.78, 5) is 22.3. The number of carbonyl (C=O) groups excluding carboxylic acids is 1. The molecule has 0 spiro atoms. The van der Waals surface area contributed by atoms with Crippen molar-refractivity contribution in [3.63, 3.8) is 0 Å². The zero-order chi connectivity index (χ0) is 14.1. The maximum Gasteiger partial charge on any atom is 0.224 e. The fourth-order valence-electron chi connectivity index (χ4n) is 2.65. The molecule has 0 aliphatic carbocycles. The zero-order valence-corrected chi connectivity index (χ0v) is 11.8. The predicted molar refractivity (Wildman–Crippen MR) is 78.6 cm³/mol. The van der Waals surface area contributed by atoms with Gasteiger partial charge < -0.3 is 10.2 Å². The van der Waals surface area contributed by atoms with Gasteiger partial charge in [0.25, 0.3) is 0 Å². The molecule has 1 amide bonds. The molecule has 1 N–H and O–H groups in total. The van der Waals surface area contributed by atoms with E-state index in [9.17, 15) is 4.79 Å². The van der Waals surface area contributed by atoms with E-state index in [1.807, 2.05) is 30.9 Å². The molecule has 0 saturated carbocycles. The summed E-state index contributed by atoms with van der Waals surface area (Å²) in [5, 5.41) is 4.40. The quantitative estimate of drug-likeness (QED) is 0.926. The number of nitrogens with one attached hydrogen (secondary N) is 1. The number of rotatable bonds is 3. The summed E-state index contributed by atoms with van der Waals surface area (Å²) in [7, 11) is 0. The molecule has 5 nitrogen and oxygen atoms in total. The molecule has 3 rings (SSSR count). The second-order valence-corrected chi connectivity index (χ2v) is 5.22. The number of carbonyl (C=O) groups is 1. The number of aromatic nitrogens is 2. The zero-order valence-electron chi connectivity index (χ0n) is 11.8. The van der Waals surface area contributed by atoms with Gasteiger partial charge in [0, 0.05) is 24.9 Å². The number of benzene rings is 1. The highest BCUT2D eigenvalue weighted by Crippen LogP contribution is 2.23. The van der Waals surface area contributed by atoms with Crippen molar-refractivity contribution in [2.45, 2.75) is 26.3 Å². The minimum Gasteiger partial charge on any atom is -0.364 e. The average molecular weight is 270 g/mol. The molecule has 2 aromatic rings. The number of aryl methyl sites for hydroxylation is 1. The minimum atomic E-state index is 0.126. The van der Waals surface area contributed by atoms with Gasteiger partial charge in [0.1, 0.15) is 12.1 Å². The Morgan fingerprint density at radius 1 is 1.40 bits per heavy atom. The van der Waals surface area contributed by atoms with Crippen LogP contribution in [0.25, 0.3) is 10.9 Å². The van der Waals surface area contributed by atoms with Crippen LogP contribution in [0.15, 0.2) is 24.5 Å². The number of likely N-dealkylation sites (N-methyl/N-ethyl adjacent to an activating group) is 1. The molecule has 0 radical (unpaired) electrons. The van der Waals surface area contributed by atoms with Crippen LogP contribution in [-0.2, 0) is 4.79 Å². The topological polar surface area (TPSA) is 58.1 Å². The van der Waals surface area contributed by atoms with E-state index >= 15 is 0 Å². The monoisotopic (exact) mass is 270 g/mol. The molecule has 1 aliphatic rings. The first kappa shape index (κ1) is 12.8. The molecule has 1 aliphatic heterocycles. The first-order chi connectivity index (χ1) is 9.67. The Morgan fingerprint density at radius 2 is 2.25 bits per heavy atom. The van der Waals surface area contributed by atoms with Crippen molar-refractivity contribution in [1.82, 2.24) is 14.9 Å². The van der Waals surface area contributed by atoms with Gasteiger partial charge in [-0.05, 0) is 26.0 Å². The van der Waals surface area contributed by atoms with Gasteiger partial charge >= 0.3 is 0 Å². The number of nitrogens with zero attached hydrogens (tertiary/aromatic N) is 3. The van der Waals surface area contributed by atoms with Crippen molar-refractivity contribution in [2.75, 3.05) is 18.4 Å². The van der Waals surface area contributed by atoms with E-state index in [4.69, 9.17) is 0 Å². The highest BCUT2D eigenvalue weighted by Gasteiger charge is 2.28. The van der Waals surface area contributed by atoms with Crippen LogP contribution >= 0.6 is 0 Å². The molecule has 1 aromatic carbocycles. The second-order valence-electron chi connectivity index (χ2n) is 5.22. The van der Waals surface area contributed by atoms with Gasteiger partial charge in [0.2, 0.25) is 5.91 Å². The molecule has 1 aromatic heterocycles. The number of amides is 1. The van der Waals surface area contributed by atoms with Crippen LogP contribution in [0.2, 0.25) is 0 Å². The third-order valence-corrected chi connectivity index (χ3v) is 3.73. The number of anilines is 1. The molecule has 1 unspecified atom stereocenters. The van der Waals surface area contributed by atoms with Gasteiger partial charge in [0.15, 0.2) is 0 Å². The summed E-state index contributed by atoms with van der Waals surface area (Å²) >= 11 is 0. The summed E-state index contributed by atoms with van der Waals surface area (Å²) in [5.74, 6) is 1.02.